The van der Waals surface area contributed by atoms with Crippen LogP contribution in [0.25, 0.3) is 26.9 Å². The van der Waals surface area contributed by atoms with Crippen LogP contribution in [-0.4, -0.2) is 23.0 Å². The van der Waals surface area contributed by atoms with Gasteiger partial charge in [-0.3, -0.25) is 4.98 Å². The summed E-state index contributed by atoms with van der Waals surface area (Å²) >= 11 is 8.20. The van der Waals surface area contributed by atoms with Gasteiger partial charge in [0.25, 0.3) is 0 Å². The van der Waals surface area contributed by atoms with Crippen LogP contribution >= 0.6 is 22.9 Å². The van der Waals surface area contributed by atoms with Gasteiger partial charge in [0, 0.05) is 45.7 Å². The highest BCUT2D eigenvalue weighted by molar-refractivity contribution is 7.20. The maximum Gasteiger partial charge on any atom is 0.142 e. The molecular formula is C29H27ClF2N2OS. The molecule has 1 saturated carbocycles. The molecule has 3 nitrogen and oxygen atoms in total. The van der Waals surface area contributed by atoms with Crippen LogP contribution < -0.4 is 4.74 Å². The summed E-state index contributed by atoms with van der Waals surface area (Å²) in [5, 5.41) is 0.854. The maximum atomic E-state index is 14.6. The number of fused-ring (bicyclic) bond motifs is 1. The fourth-order valence-corrected chi connectivity index (χ4v) is 6.63. The second kappa shape index (κ2) is 10.6. The molecule has 0 bridgehead atoms. The van der Waals surface area contributed by atoms with Crippen molar-refractivity contribution in [2.45, 2.75) is 44.7 Å². The first-order valence-corrected chi connectivity index (χ1v) is 13.3. The fraction of sp³-hybridized carbons (Fsp3) is 0.276. The van der Waals surface area contributed by atoms with Crippen LogP contribution in [-0.2, 0) is 6.54 Å². The van der Waals surface area contributed by atoms with Gasteiger partial charge in [-0.2, -0.15) is 0 Å². The molecule has 186 valence electrons. The van der Waals surface area contributed by atoms with Gasteiger partial charge in [-0.1, -0.05) is 49.6 Å². The first-order chi connectivity index (χ1) is 17.5. The highest BCUT2D eigenvalue weighted by Crippen LogP contribution is 2.43. The first-order valence-electron chi connectivity index (χ1n) is 12.1. The summed E-state index contributed by atoms with van der Waals surface area (Å²) in [5.41, 5.74) is 3.29. The van der Waals surface area contributed by atoms with Gasteiger partial charge in [0.05, 0.1) is 23.2 Å². The zero-order chi connectivity index (χ0) is 25.2. The second-order valence-electron chi connectivity index (χ2n) is 9.14. The molecule has 2 heterocycles. The third kappa shape index (κ3) is 4.84. The Labute approximate surface area is 219 Å². The Morgan fingerprint density at radius 1 is 1.11 bits per heavy atom. The summed E-state index contributed by atoms with van der Waals surface area (Å²) in [6, 6.07) is 12.6. The van der Waals surface area contributed by atoms with E-state index in [4.69, 9.17) is 16.3 Å². The highest BCUT2D eigenvalue weighted by atomic mass is 35.5. The van der Waals surface area contributed by atoms with E-state index >= 15 is 0 Å². The zero-order valence-electron chi connectivity index (χ0n) is 20.1. The van der Waals surface area contributed by atoms with E-state index in [0.717, 1.165) is 57.8 Å². The van der Waals surface area contributed by atoms with Gasteiger partial charge in [-0.15, -0.1) is 11.3 Å². The molecule has 4 aromatic rings. The fourth-order valence-electron chi connectivity index (χ4n) is 5.06. The van der Waals surface area contributed by atoms with E-state index in [-0.39, 0.29) is 17.7 Å². The van der Waals surface area contributed by atoms with Crippen molar-refractivity contribution in [2.24, 2.45) is 0 Å². The Morgan fingerprint density at radius 3 is 2.64 bits per heavy atom. The number of thiophene rings is 1. The quantitative estimate of drug-likeness (QED) is 0.242. The van der Waals surface area contributed by atoms with E-state index in [0.29, 0.717) is 22.5 Å². The van der Waals surface area contributed by atoms with Gasteiger partial charge in [0.1, 0.15) is 17.4 Å². The van der Waals surface area contributed by atoms with Crippen LogP contribution in [0.3, 0.4) is 0 Å². The minimum atomic E-state index is -0.381. The number of ether oxygens (including phenoxy) is 1. The van der Waals surface area contributed by atoms with Gasteiger partial charge in [-0.25, -0.2) is 8.78 Å². The molecule has 0 radical (unpaired) electrons. The van der Waals surface area contributed by atoms with Crippen molar-refractivity contribution in [3.8, 4) is 16.9 Å². The van der Waals surface area contributed by atoms with Crippen molar-refractivity contribution in [2.75, 3.05) is 7.11 Å². The lowest BCUT2D eigenvalue weighted by atomic mass is 9.93. The summed E-state index contributed by atoms with van der Waals surface area (Å²) in [4.78, 5) is 7.07. The van der Waals surface area contributed by atoms with Crippen LogP contribution in [0.1, 0.15) is 42.5 Å². The Kier molecular flexibility index (Phi) is 7.26. The van der Waals surface area contributed by atoms with Crippen molar-refractivity contribution in [3.63, 3.8) is 0 Å². The summed E-state index contributed by atoms with van der Waals surface area (Å²) < 4.78 is 34.9. The number of halogens is 3. The molecule has 0 atom stereocenters. The van der Waals surface area contributed by atoms with Gasteiger partial charge in [0.2, 0.25) is 0 Å². The lowest BCUT2D eigenvalue weighted by Crippen LogP contribution is -2.34. The molecule has 2 aromatic carbocycles. The number of pyridine rings is 1. The van der Waals surface area contributed by atoms with Crippen LogP contribution in [0.15, 0.2) is 61.4 Å². The van der Waals surface area contributed by atoms with E-state index in [9.17, 15) is 8.78 Å². The second-order valence-corrected chi connectivity index (χ2v) is 10.6. The summed E-state index contributed by atoms with van der Waals surface area (Å²) in [5.74, 6) is 0.0361. The van der Waals surface area contributed by atoms with Crippen LogP contribution in [0.2, 0.25) is 5.02 Å². The zero-order valence-corrected chi connectivity index (χ0v) is 21.6. The monoisotopic (exact) mass is 524 g/mol. The van der Waals surface area contributed by atoms with Crippen molar-refractivity contribution < 1.29 is 13.5 Å². The predicted octanol–water partition coefficient (Wildman–Crippen LogP) is 8.71. The lowest BCUT2D eigenvalue weighted by Gasteiger charge is -2.37. The van der Waals surface area contributed by atoms with E-state index in [1.54, 1.807) is 19.4 Å². The minimum absolute atomic E-state index is 0.279. The average molecular weight is 525 g/mol. The number of benzene rings is 2. The van der Waals surface area contributed by atoms with Crippen molar-refractivity contribution in [1.29, 1.82) is 0 Å². The van der Waals surface area contributed by atoms with Crippen LogP contribution in [0, 0.1) is 11.6 Å². The molecule has 1 aliphatic carbocycles. The first kappa shape index (κ1) is 24.7. The highest BCUT2D eigenvalue weighted by Gasteiger charge is 2.27. The van der Waals surface area contributed by atoms with Gasteiger partial charge >= 0.3 is 0 Å². The molecule has 0 unspecified atom stereocenters. The van der Waals surface area contributed by atoms with Crippen molar-refractivity contribution in [3.05, 3.63) is 88.5 Å². The number of aromatic nitrogens is 1. The smallest absolute Gasteiger partial charge is 0.142 e. The average Bonchev–Trinajstić information content (AvgIpc) is 3.24. The Morgan fingerprint density at radius 2 is 1.92 bits per heavy atom. The van der Waals surface area contributed by atoms with Crippen LogP contribution in [0.4, 0.5) is 8.78 Å². The standard InChI is InChI=1S/C29H27ClF2N2OS/c1-18(29-28(30)27-24(32)9-6-10-26(27)36-29)34(23-7-4-3-5-8-23)17-21-13-19(11-12-25(21)35-2)20-14-22(31)16-33-15-20/h6,9-16,23H,1,3-5,7-8,17H2,2H3. The predicted molar refractivity (Wildman–Crippen MR) is 144 cm³/mol. The van der Waals surface area contributed by atoms with E-state index in [1.807, 2.05) is 24.3 Å². The number of hydrogen-bond acceptors (Lipinski definition) is 4. The van der Waals surface area contributed by atoms with Crippen molar-refractivity contribution in [1.82, 2.24) is 9.88 Å². The molecule has 5 rings (SSSR count). The minimum Gasteiger partial charge on any atom is -0.496 e. The third-order valence-electron chi connectivity index (χ3n) is 6.89. The molecule has 0 spiro atoms. The van der Waals surface area contributed by atoms with Crippen molar-refractivity contribution >= 4 is 38.7 Å². The summed E-state index contributed by atoms with van der Waals surface area (Å²) in [7, 11) is 1.65. The van der Waals surface area contributed by atoms with Crippen LogP contribution in [0.5, 0.6) is 5.75 Å². The molecule has 2 aromatic heterocycles. The van der Waals surface area contributed by atoms with Gasteiger partial charge in [-0.05, 0) is 48.7 Å². The van der Waals surface area contributed by atoms with E-state index in [2.05, 4.69) is 16.5 Å². The molecule has 0 amide bonds. The third-order valence-corrected chi connectivity index (χ3v) is 8.58. The molecule has 0 aliphatic heterocycles. The summed E-state index contributed by atoms with van der Waals surface area (Å²) in [6.07, 6.45) is 8.46. The molecule has 1 aliphatic rings. The van der Waals surface area contributed by atoms with Gasteiger partial charge < -0.3 is 9.64 Å². The molecule has 7 heteroatoms. The Bertz CT molecular complexity index is 1410. The number of nitrogens with zero attached hydrogens (tertiary/aromatic N) is 2. The normalized spacial score (nSPS) is 14.2. The summed E-state index contributed by atoms with van der Waals surface area (Å²) in [6.45, 7) is 5.00. The molecule has 36 heavy (non-hydrogen) atoms. The molecule has 1 fully saturated rings. The Hall–Kier alpha value is -2.96. The largest absolute Gasteiger partial charge is 0.496 e. The Balaban J connectivity index is 1.55. The SMILES string of the molecule is C=C(c1sc2cccc(F)c2c1Cl)N(Cc1cc(-c2cncc(F)c2)ccc1OC)C1CCCCC1. The number of rotatable bonds is 7. The topological polar surface area (TPSA) is 25.4 Å². The van der Waals surface area contributed by atoms with E-state index < -0.39 is 0 Å². The maximum absolute atomic E-state index is 14.6. The van der Waals surface area contributed by atoms with E-state index in [1.165, 1.54) is 36.1 Å². The molecular weight excluding hydrogens is 498 g/mol. The number of methoxy groups -OCH3 is 1. The van der Waals surface area contributed by atoms with Gasteiger partial charge in [0.15, 0.2) is 0 Å². The molecule has 0 saturated heterocycles. The lowest BCUT2D eigenvalue weighted by molar-refractivity contribution is 0.223. The molecule has 0 N–H and O–H groups in total. The number of hydrogen-bond donors (Lipinski definition) is 0.